The van der Waals surface area contributed by atoms with Gasteiger partial charge in [-0.15, -0.1) is 0 Å². The van der Waals surface area contributed by atoms with Gasteiger partial charge < -0.3 is 17.3 Å². The highest BCUT2D eigenvalue weighted by Crippen LogP contribution is 2.17. The first-order chi connectivity index (χ1) is 16.0. The molecule has 0 aromatic heterocycles. The number of halogens is 1. The van der Waals surface area contributed by atoms with Gasteiger partial charge in [0.15, 0.2) is 5.41 Å². The molecule has 8 heteroatoms. The molecule has 3 aromatic rings. The van der Waals surface area contributed by atoms with Crippen molar-refractivity contribution >= 4 is 28.5 Å². The normalized spacial score (nSPS) is 13.5. The SMILES string of the molecule is [Cl-].[N+]=C(N)c1cccc(CN(NC(=O)c2ccc3ccccc3c2)C(=O)N2CCCCCC2)c1. The van der Waals surface area contributed by atoms with E-state index in [1.165, 1.54) is 5.01 Å². The summed E-state index contributed by atoms with van der Waals surface area (Å²) >= 11 is 0. The van der Waals surface area contributed by atoms with Crippen LogP contribution in [0.2, 0.25) is 0 Å². The fourth-order valence-corrected chi connectivity index (χ4v) is 4.12. The molecule has 0 atom stereocenters. The number of nitrogens with one attached hydrogen (secondary N) is 1. The number of carbonyl (C=O) groups is 2. The van der Waals surface area contributed by atoms with E-state index in [1.807, 2.05) is 42.5 Å². The van der Waals surface area contributed by atoms with Crippen LogP contribution in [-0.2, 0) is 6.54 Å². The predicted octanol–water partition coefficient (Wildman–Crippen LogP) is 0.492. The first kappa shape index (κ1) is 25.1. The second kappa shape index (κ2) is 11.5. The van der Waals surface area contributed by atoms with Crippen molar-refractivity contribution in [2.45, 2.75) is 32.2 Å². The Morgan fingerprint density at radius 3 is 2.29 bits per heavy atom. The van der Waals surface area contributed by atoms with Gasteiger partial charge in [-0.25, -0.2) is 9.80 Å². The van der Waals surface area contributed by atoms with E-state index in [0.717, 1.165) is 42.0 Å². The number of fused-ring (bicyclic) bond motifs is 1. The van der Waals surface area contributed by atoms with Gasteiger partial charge in [0.05, 0.1) is 12.1 Å². The van der Waals surface area contributed by atoms with E-state index in [4.69, 9.17) is 5.73 Å². The fraction of sp³-hybridized carbons (Fsp3) is 0.269. The van der Waals surface area contributed by atoms with Gasteiger partial charge in [0.1, 0.15) is 0 Å². The molecule has 1 heterocycles. The van der Waals surface area contributed by atoms with Crippen molar-refractivity contribution in [3.63, 3.8) is 0 Å². The zero-order valence-corrected chi connectivity index (χ0v) is 19.7. The molecular formula is C26H28ClN5O2. The second-order valence-electron chi connectivity index (χ2n) is 8.36. The Bertz CT molecular complexity index is 1170. The molecule has 0 spiro atoms. The Kier molecular flexibility index (Phi) is 8.49. The molecule has 1 aliphatic heterocycles. The van der Waals surface area contributed by atoms with Gasteiger partial charge in [0.25, 0.3) is 5.91 Å². The van der Waals surface area contributed by atoms with Gasteiger partial charge in [-0.3, -0.25) is 16.0 Å². The third kappa shape index (κ3) is 6.05. The summed E-state index contributed by atoms with van der Waals surface area (Å²) in [6.07, 6.45) is 4.09. The summed E-state index contributed by atoms with van der Waals surface area (Å²) in [5.41, 5.74) is 10.0. The van der Waals surface area contributed by atoms with E-state index in [-0.39, 0.29) is 36.7 Å². The van der Waals surface area contributed by atoms with E-state index < -0.39 is 0 Å². The minimum Gasteiger partial charge on any atom is -1.00 e. The highest BCUT2D eigenvalue weighted by molar-refractivity contribution is 5.99. The van der Waals surface area contributed by atoms with Gasteiger partial charge in [-0.05, 0) is 53.4 Å². The van der Waals surface area contributed by atoms with Crippen molar-refractivity contribution < 1.29 is 22.0 Å². The Balaban J connectivity index is 0.00000324. The van der Waals surface area contributed by atoms with Crippen molar-refractivity contribution in [2.24, 2.45) is 5.73 Å². The van der Waals surface area contributed by atoms with Crippen LogP contribution in [0.3, 0.4) is 0 Å². The highest BCUT2D eigenvalue weighted by atomic mass is 35.5. The summed E-state index contributed by atoms with van der Waals surface area (Å²) < 4.78 is 0. The lowest BCUT2D eigenvalue weighted by Crippen LogP contribution is -3.00. The largest absolute Gasteiger partial charge is 1.00 e. The molecule has 1 fully saturated rings. The zero-order chi connectivity index (χ0) is 23.2. The number of carbonyl (C=O) groups excluding carboxylic acids is 2. The van der Waals surface area contributed by atoms with Crippen LogP contribution >= 0.6 is 0 Å². The number of hydrogen-bond acceptors (Lipinski definition) is 2. The molecule has 1 saturated heterocycles. The molecular weight excluding hydrogens is 450 g/mol. The number of benzene rings is 3. The Morgan fingerprint density at radius 1 is 0.882 bits per heavy atom. The number of hydrazine groups is 1. The van der Waals surface area contributed by atoms with Crippen LogP contribution in [0.15, 0.2) is 66.7 Å². The Labute approximate surface area is 205 Å². The zero-order valence-electron chi connectivity index (χ0n) is 18.9. The van der Waals surface area contributed by atoms with Crippen LogP contribution in [0.5, 0.6) is 0 Å². The number of nitrogens with zero attached hydrogens (tertiary/aromatic N) is 3. The number of hydrogen-bond donors (Lipinski definition) is 2. The lowest BCUT2D eigenvalue weighted by atomic mass is 10.1. The quantitative estimate of drug-likeness (QED) is 0.325. The Morgan fingerprint density at radius 2 is 1.59 bits per heavy atom. The third-order valence-electron chi connectivity index (χ3n) is 5.92. The molecule has 4 rings (SSSR count). The summed E-state index contributed by atoms with van der Waals surface area (Å²) in [6.45, 7) is 1.48. The summed E-state index contributed by atoms with van der Waals surface area (Å²) in [7, 11) is 0. The van der Waals surface area contributed by atoms with E-state index in [0.29, 0.717) is 24.2 Å². The smallest absolute Gasteiger partial charge is 0.375 e. The van der Waals surface area contributed by atoms with Gasteiger partial charge in [-0.1, -0.05) is 55.3 Å². The average molecular weight is 478 g/mol. The molecule has 0 aliphatic carbocycles. The van der Waals surface area contributed by atoms with Crippen LogP contribution in [0.1, 0.15) is 47.2 Å². The van der Waals surface area contributed by atoms with Crippen molar-refractivity contribution in [3.8, 4) is 0 Å². The van der Waals surface area contributed by atoms with E-state index in [9.17, 15) is 15.0 Å². The monoisotopic (exact) mass is 477 g/mol. The van der Waals surface area contributed by atoms with Crippen LogP contribution in [0.4, 0.5) is 4.79 Å². The molecule has 34 heavy (non-hydrogen) atoms. The lowest BCUT2D eigenvalue weighted by molar-refractivity contribution is -0.0000179. The summed E-state index contributed by atoms with van der Waals surface area (Å²) in [5, 5.41) is 13.0. The standard InChI is InChI=1S/C26H28N5O2.ClH/c27-24(28)22-11-7-8-19(16-22)18-31(26(33)30-14-5-1-2-6-15-30)29-25(32)23-13-12-20-9-3-4-10-21(20)17-23;/h3-4,7-13,16-17H,1-2,5-6,14-15,18,27H2,(H,29,32);1H/q+1;/p-1. The van der Waals surface area contributed by atoms with Crippen LogP contribution in [-0.4, -0.2) is 40.8 Å². The van der Waals surface area contributed by atoms with E-state index >= 15 is 0 Å². The maximum absolute atomic E-state index is 13.4. The minimum absolute atomic E-state index is 0. The number of amides is 3. The number of amidine groups is 1. The predicted molar refractivity (Wildman–Crippen MR) is 129 cm³/mol. The van der Waals surface area contributed by atoms with Crippen molar-refractivity contribution in [2.75, 3.05) is 13.1 Å². The number of rotatable bonds is 4. The van der Waals surface area contributed by atoms with Crippen molar-refractivity contribution in [3.05, 3.63) is 83.4 Å². The van der Waals surface area contributed by atoms with Crippen LogP contribution in [0, 0.1) is 0 Å². The van der Waals surface area contributed by atoms with Gasteiger partial charge in [-0.2, -0.15) is 0 Å². The summed E-state index contributed by atoms with van der Waals surface area (Å²) in [5.74, 6) is -0.643. The molecule has 0 bridgehead atoms. The van der Waals surface area contributed by atoms with Crippen molar-refractivity contribution in [1.29, 1.82) is 0 Å². The lowest BCUT2D eigenvalue weighted by Gasteiger charge is -2.30. The number of urea groups is 1. The van der Waals surface area contributed by atoms with Crippen LogP contribution < -0.4 is 29.0 Å². The molecule has 7 nitrogen and oxygen atoms in total. The topological polar surface area (TPSA) is 101 Å². The molecule has 1 aliphatic rings. The van der Waals surface area contributed by atoms with E-state index in [2.05, 4.69) is 5.43 Å². The molecule has 2 radical (unpaired) electrons. The molecule has 0 unspecified atom stereocenters. The molecule has 3 aromatic carbocycles. The second-order valence-corrected chi connectivity index (χ2v) is 8.36. The Hall–Kier alpha value is -3.58. The van der Waals surface area contributed by atoms with E-state index in [1.54, 1.807) is 29.2 Å². The average Bonchev–Trinajstić information content (AvgIpc) is 3.12. The number of likely N-dealkylation sites (tertiary alicyclic amines) is 1. The van der Waals surface area contributed by atoms with Crippen molar-refractivity contribution in [1.82, 2.24) is 20.7 Å². The highest BCUT2D eigenvalue weighted by Gasteiger charge is 2.24. The molecule has 176 valence electrons. The minimum atomic E-state index is -0.353. The van der Waals surface area contributed by atoms with Gasteiger partial charge in [0.2, 0.25) is 0 Å². The molecule has 3 N–H and O–H groups in total. The molecule has 3 amide bonds. The fourth-order valence-electron chi connectivity index (χ4n) is 4.12. The maximum Gasteiger partial charge on any atom is 0.375 e. The summed E-state index contributed by atoms with van der Waals surface area (Å²) in [4.78, 5) is 28.3. The maximum atomic E-state index is 13.4. The summed E-state index contributed by atoms with van der Waals surface area (Å²) in [6, 6.07) is 20.0. The van der Waals surface area contributed by atoms with Crippen LogP contribution in [0.25, 0.3) is 10.8 Å². The van der Waals surface area contributed by atoms with Gasteiger partial charge >= 0.3 is 11.9 Å². The molecule has 0 saturated carbocycles. The number of nitrogens with two attached hydrogens (primary N) is 1. The first-order valence-electron chi connectivity index (χ1n) is 11.3. The third-order valence-corrected chi connectivity index (χ3v) is 5.92. The van der Waals surface area contributed by atoms with Gasteiger partial charge in [0, 0.05) is 18.7 Å². The first-order valence-corrected chi connectivity index (χ1v) is 11.3.